The lowest BCUT2D eigenvalue weighted by molar-refractivity contribution is -0.0823. The maximum atomic E-state index is 12.5. The Labute approximate surface area is 140 Å². The molecular formula is C18H21N3O3. The largest absolute Gasteiger partial charge is 0.375 e. The van der Waals surface area contributed by atoms with Crippen molar-refractivity contribution in [2.75, 3.05) is 6.61 Å². The molecule has 2 aromatic heterocycles. The summed E-state index contributed by atoms with van der Waals surface area (Å²) in [5, 5.41) is 7.01. The van der Waals surface area contributed by atoms with Crippen LogP contribution in [0.25, 0.3) is 11.3 Å². The summed E-state index contributed by atoms with van der Waals surface area (Å²) < 4.78 is 11.3. The number of aromatic nitrogens is 2. The fraction of sp³-hybridized carbons (Fsp3) is 0.500. The predicted molar refractivity (Wildman–Crippen MR) is 87.4 cm³/mol. The molecule has 0 radical (unpaired) electrons. The third kappa shape index (κ3) is 3.06. The summed E-state index contributed by atoms with van der Waals surface area (Å²) in [4.78, 5) is 16.4. The van der Waals surface area contributed by atoms with Gasteiger partial charge in [-0.05, 0) is 37.8 Å². The lowest BCUT2D eigenvalue weighted by Crippen LogP contribution is -2.47. The Hall–Kier alpha value is -2.21. The van der Waals surface area contributed by atoms with Crippen LogP contribution in [0, 0.1) is 0 Å². The highest BCUT2D eigenvalue weighted by molar-refractivity contribution is 5.93. The summed E-state index contributed by atoms with van der Waals surface area (Å²) in [6.07, 6.45) is 9.77. The number of nitrogens with one attached hydrogen (secondary N) is 1. The first-order valence-electron chi connectivity index (χ1n) is 8.56. The molecule has 1 saturated heterocycles. The predicted octanol–water partition coefficient (Wildman–Crippen LogP) is 2.96. The Bertz CT molecular complexity index is 707. The SMILES string of the molecule is O=C(NC1CCOC2(CCCC2)C1)c1cc(-c2ccncc2)on1. The molecule has 6 nitrogen and oxygen atoms in total. The van der Waals surface area contributed by atoms with Crippen LogP contribution in [-0.2, 0) is 4.74 Å². The van der Waals surface area contributed by atoms with Gasteiger partial charge < -0.3 is 14.6 Å². The van der Waals surface area contributed by atoms with Crippen LogP contribution >= 0.6 is 0 Å². The molecule has 2 aliphatic rings. The summed E-state index contributed by atoms with van der Waals surface area (Å²) >= 11 is 0. The minimum Gasteiger partial charge on any atom is -0.375 e. The van der Waals surface area contributed by atoms with Gasteiger partial charge >= 0.3 is 0 Å². The number of hydrogen-bond acceptors (Lipinski definition) is 5. The Morgan fingerprint density at radius 1 is 1.25 bits per heavy atom. The third-order valence-corrected chi connectivity index (χ3v) is 5.05. The van der Waals surface area contributed by atoms with Crippen molar-refractivity contribution in [2.24, 2.45) is 0 Å². The van der Waals surface area contributed by atoms with Crippen molar-refractivity contribution < 1.29 is 14.1 Å². The molecule has 24 heavy (non-hydrogen) atoms. The van der Waals surface area contributed by atoms with Gasteiger partial charge in [-0.3, -0.25) is 9.78 Å². The summed E-state index contributed by atoms with van der Waals surface area (Å²) in [6.45, 7) is 0.714. The molecule has 1 aliphatic heterocycles. The number of carbonyl (C=O) groups is 1. The number of rotatable bonds is 3. The fourth-order valence-electron chi connectivity index (χ4n) is 3.81. The van der Waals surface area contributed by atoms with Gasteiger partial charge in [0.2, 0.25) is 0 Å². The van der Waals surface area contributed by atoms with Gasteiger partial charge in [-0.25, -0.2) is 0 Å². The van der Waals surface area contributed by atoms with E-state index in [1.807, 2.05) is 12.1 Å². The number of nitrogens with zero attached hydrogens (tertiary/aromatic N) is 2. The van der Waals surface area contributed by atoms with E-state index in [2.05, 4.69) is 15.5 Å². The fourth-order valence-corrected chi connectivity index (χ4v) is 3.81. The van der Waals surface area contributed by atoms with E-state index < -0.39 is 0 Å². The van der Waals surface area contributed by atoms with Crippen molar-refractivity contribution in [3.8, 4) is 11.3 Å². The topological polar surface area (TPSA) is 77.2 Å². The Kier molecular flexibility index (Phi) is 4.06. The van der Waals surface area contributed by atoms with Crippen LogP contribution in [0.4, 0.5) is 0 Å². The maximum absolute atomic E-state index is 12.5. The van der Waals surface area contributed by atoms with Crippen LogP contribution in [0.15, 0.2) is 35.1 Å². The first kappa shape index (κ1) is 15.3. The van der Waals surface area contributed by atoms with Crippen molar-refractivity contribution in [3.05, 3.63) is 36.3 Å². The molecule has 3 heterocycles. The van der Waals surface area contributed by atoms with Crippen molar-refractivity contribution in [2.45, 2.75) is 50.2 Å². The zero-order valence-corrected chi connectivity index (χ0v) is 13.5. The molecule has 0 aromatic carbocycles. The van der Waals surface area contributed by atoms with E-state index in [0.29, 0.717) is 18.1 Å². The van der Waals surface area contributed by atoms with Crippen molar-refractivity contribution in [1.29, 1.82) is 0 Å². The first-order valence-corrected chi connectivity index (χ1v) is 8.56. The van der Waals surface area contributed by atoms with Crippen LogP contribution < -0.4 is 5.32 Å². The van der Waals surface area contributed by atoms with E-state index in [1.54, 1.807) is 18.5 Å². The van der Waals surface area contributed by atoms with Crippen LogP contribution in [0.1, 0.15) is 49.0 Å². The van der Waals surface area contributed by atoms with Gasteiger partial charge in [0.05, 0.1) is 5.60 Å². The minimum absolute atomic E-state index is 0.0117. The van der Waals surface area contributed by atoms with E-state index in [1.165, 1.54) is 12.8 Å². The quantitative estimate of drug-likeness (QED) is 0.938. The molecule has 6 heteroatoms. The van der Waals surface area contributed by atoms with Crippen molar-refractivity contribution in [3.63, 3.8) is 0 Å². The zero-order chi connectivity index (χ0) is 16.4. The molecule has 4 rings (SSSR count). The molecular weight excluding hydrogens is 306 g/mol. The zero-order valence-electron chi connectivity index (χ0n) is 13.5. The molecule has 1 amide bonds. The normalized spacial score (nSPS) is 22.6. The second-order valence-corrected chi connectivity index (χ2v) is 6.71. The van der Waals surface area contributed by atoms with E-state index in [0.717, 1.165) is 31.2 Å². The van der Waals surface area contributed by atoms with Gasteiger partial charge in [0.1, 0.15) is 0 Å². The maximum Gasteiger partial charge on any atom is 0.273 e. The number of ether oxygens (including phenoxy) is 1. The number of amides is 1. The van der Waals surface area contributed by atoms with Crippen molar-refractivity contribution >= 4 is 5.91 Å². The average molecular weight is 327 g/mol. The van der Waals surface area contributed by atoms with Crippen LogP contribution in [0.2, 0.25) is 0 Å². The van der Waals surface area contributed by atoms with Crippen LogP contribution in [0.3, 0.4) is 0 Å². The Morgan fingerprint density at radius 2 is 2.04 bits per heavy atom. The lowest BCUT2D eigenvalue weighted by Gasteiger charge is -2.38. The van der Waals surface area contributed by atoms with Crippen LogP contribution in [0.5, 0.6) is 0 Å². The molecule has 1 aliphatic carbocycles. The summed E-state index contributed by atoms with van der Waals surface area (Å²) in [7, 11) is 0. The van der Waals surface area contributed by atoms with E-state index in [4.69, 9.17) is 9.26 Å². The summed E-state index contributed by atoms with van der Waals surface area (Å²) in [5.74, 6) is 0.390. The van der Waals surface area contributed by atoms with Gasteiger partial charge in [0, 0.05) is 36.7 Å². The standard InChI is InChI=1S/C18H21N3O3/c22-17(15-11-16(24-21-15)13-3-8-19-9-4-13)20-14-5-10-23-18(12-14)6-1-2-7-18/h3-4,8-9,11,14H,1-2,5-7,10,12H2,(H,20,22). The molecule has 1 unspecified atom stereocenters. The lowest BCUT2D eigenvalue weighted by atomic mass is 9.89. The second kappa shape index (κ2) is 6.36. The van der Waals surface area contributed by atoms with Gasteiger partial charge in [0.25, 0.3) is 5.91 Å². The number of pyridine rings is 1. The summed E-state index contributed by atoms with van der Waals surface area (Å²) in [6, 6.07) is 5.47. The highest BCUT2D eigenvalue weighted by atomic mass is 16.5. The van der Waals surface area contributed by atoms with E-state index in [-0.39, 0.29) is 17.6 Å². The monoisotopic (exact) mass is 327 g/mol. The van der Waals surface area contributed by atoms with E-state index >= 15 is 0 Å². The van der Waals surface area contributed by atoms with Gasteiger partial charge in [-0.15, -0.1) is 0 Å². The van der Waals surface area contributed by atoms with Crippen LogP contribution in [-0.4, -0.2) is 34.3 Å². The Morgan fingerprint density at radius 3 is 2.83 bits per heavy atom. The molecule has 1 N–H and O–H groups in total. The first-order chi connectivity index (χ1) is 11.7. The molecule has 0 bridgehead atoms. The molecule has 1 saturated carbocycles. The number of hydrogen-bond donors (Lipinski definition) is 1. The molecule has 1 spiro atoms. The number of carbonyl (C=O) groups excluding carboxylic acids is 1. The Balaban J connectivity index is 1.42. The highest BCUT2D eigenvalue weighted by Gasteiger charge is 2.40. The average Bonchev–Trinajstić information content (AvgIpc) is 3.26. The molecule has 126 valence electrons. The van der Waals surface area contributed by atoms with Crippen molar-refractivity contribution in [1.82, 2.24) is 15.5 Å². The smallest absolute Gasteiger partial charge is 0.273 e. The molecule has 2 aromatic rings. The van der Waals surface area contributed by atoms with E-state index in [9.17, 15) is 4.79 Å². The third-order valence-electron chi connectivity index (χ3n) is 5.05. The minimum atomic E-state index is -0.181. The van der Waals surface area contributed by atoms with Gasteiger partial charge in [-0.2, -0.15) is 0 Å². The molecule has 2 fully saturated rings. The molecule has 1 atom stereocenters. The highest BCUT2D eigenvalue weighted by Crippen LogP contribution is 2.40. The second-order valence-electron chi connectivity index (χ2n) is 6.71. The van der Waals surface area contributed by atoms with Gasteiger partial charge in [-0.1, -0.05) is 18.0 Å². The summed E-state index contributed by atoms with van der Waals surface area (Å²) in [5.41, 5.74) is 1.16. The van der Waals surface area contributed by atoms with Gasteiger partial charge in [0.15, 0.2) is 11.5 Å².